The van der Waals surface area contributed by atoms with E-state index in [0.29, 0.717) is 0 Å². The Morgan fingerprint density at radius 1 is 0.833 bits per heavy atom. The summed E-state index contributed by atoms with van der Waals surface area (Å²) in [5.41, 5.74) is 0. The Bertz CT molecular complexity index is 100. The maximum absolute atomic E-state index is 2.62. The van der Waals surface area contributed by atoms with Crippen molar-refractivity contribution in [1.82, 2.24) is 4.90 Å². The second-order valence-electron chi connectivity index (χ2n) is 3.83. The summed E-state index contributed by atoms with van der Waals surface area (Å²) in [6, 6.07) is 1.90. The molecule has 2 heterocycles. The van der Waals surface area contributed by atoms with Gasteiger partial charge in [0.05, 0.1) is 0 Å². The molecule has 2 rings (SSSR count). The van der Waals surface area contributed by atoms with Crippen LogP contribution in [0.1, 0.15) is 52.4 Å². The van der Waals surface area contributed by atoms with Crippen LogP contribution in [-0.4, -0.2) is 24.0 Å². The Morgan fingerprint density at radius 2 is 1.17 bits per heavy atom. The molecule has 0 aliphatic carbocycles. The summed E-state index contributed by atoms with van der Waals surface area (Å²) < 4.78 is 0. The Balaban J connectivity index is 0.000000336. The van der Waals surface area contributed by atoms with Crippen LogP contribution >= 0.6 is 0 Å². The molecule has 0 atom stereocenters. The molecule has 1 nitrogen and oxygen atoms in total. The average Bonchev–Trinajstić information content (AvgIpc) is 2.07. The third-order valence-electron chi connectivity index (χ3n) is 3.30. The minimum absolute atomic E-state index is 0.951. The zero-order valence-electron chi connectivity index (χ0n) is 8.84. The van der Waals surface area contributed by atoms with Crippen molar-refractivity contribution in [2.24, 2.45) is 0 Å². The van der Waals surface area contributed by atoms with Crippen LogP contribution < -0.4 is 0 Å². The summed E-state index contributed by atoms with van der Waals surface area (Å²) in [6.45, 7) is 4.00. The van der Waals surface area contributed by atoms with Gasteiger partial charge in [0.25, 0.3) is 0 Å². The maximum Gasteiger partial charge on any atom is 0.00951 e. The van der Waals surface area contributed by atoms with Gasteiger partial charge in [-0.2, -0.15) is 0 Å². The lowest BCUT2D eigenvalue weighted by Crippen LogP contribution is -2.46. The van der Waals surface area contributed by atoms with Gasteiger partial charge in [0.2, 0.25) is 0 Å². The van der Waals surface area contributed by atoms with E-state index in [2.05, 4.69) is 11.9 Å². The fourth-order valence-corrected chi connectivity index (χ4v) is 2.58. The van der Waals surface area contributed by atoms with Crippen molar-refractivity contribution in [2.75, 3.05) is 7.05 Å². The minimum Gasteiger partial charge on any atom is -0.300 e. The zero-order chi connectivity index (χ0) is 8.97. The van der Waals surface area contributed by atoms with Crippen LogP contribution in [0.4, 0.5) is 0 Å². The first kappa shape index (κ1) is 10.0. The molecule has 0 spiro atoms. The lowest BCUT2D eigenvalue weighted by atomic mass is 9.85. The molecule has 12 heavy (non-hydrogen) atoms. The summed E-state index contributed by atoms with van der Waals surface area (Å²) in [6.07, 6.45) is 8.83. The van der Waals surface area contributed by atoms with Crippen LogP contribution in [0, 0.1) is 0 Å². The van der Waals surface area contributed by atoms with E-state index in [1.807, 2.05) is 13.8 Å². The molecule has 2 aliphatic heterocycles. The van der Waals surface area contributed by atoms with Gasteiger partial charge in [0.1, 0.15) is 0 Å². The van der Waals surface area contributed by atoms with E-state index in [1.54, 1.807) is 0 Å². The van der Waals surface area contributed by atoms with Gasteiger partial charge < -0.3 is 4.90 Å². The third kappa shape index (κ3) is 2.01. The van der Waals surface area contributed by atoms with E-state index in [0.717, 1.165) is 12.1 Å². The molecule has 1 heteroatoms. The van der Waals surface area contributed by atoms with Crippen LogP contribution in [-0.2, 0) is 0 Å². The molecule has 0 amide bonds. The van der Waals surface area contributed by atoms with Crippen LogP contribution in [0.5, 0.6) is 0 Å². The van der Waals surface area contributed by atoms with Gasteiger partial charge in [0.15, 0.2) is 0 Å². The molecule has 0 aromatic rings. The summed E-state index contributed by atoms with van der Waals surface area (Å²) in [4.78, 5) is 2.62. The van der Waals surface area contributed by atoms with Gasteiger partial charge in [-0.15, -0.1) is 0 Å². The van der Waals surface area contributed by atoms with Crippen molar-refractivity contribution in [2.45, 2.75) is 64.5 Å². The second kappa shape index (κ2) is 4.86. The largest absolute Gasteiger partial charge is 0.300 e. The lowest BCUT2D eigenvalue weighted by molar-refractivity contribution is 0.0673. The summed E-state index contributed by atoms with van der Waals surface area (Å²) in [5.74, 6) is 0. The smallest absolute Gasteiger partial charge is 0.00951 e. The second-order valence-corrected chi connectivity index (χ2v) is 3.83. The van der Waals surface area contributed by atoms with Crippen molar-refractivity contribution >= 4 is 0 Å². The van der Waals surface area contributed by atoms with Crippen LogP contribution in [0.2, 0.25) is 0 Å². The van der Waals surface area contributed by atoms with Crippen molar-refractivity contribution < 1.29 is 0 Å². The monoisotopic (exact) mass is 169 g/mol. The van der Waals surface area contributed by atoms with Gasteiger partial charge in [0, 0.05) is 12.1 Å². The van der Waals surface area contributed by atoms with E-state index in [9.17, 15) is 0 Å². The standard InChI is InChI=1S/C9H17N.C2H6/c1-10-8-4-2-5-9(10)7-3-6-8;1-2/h8-9H,2-7H2,1H3;1-2H3. The number of hydrogen-bond donors (Lipinski definition) is 0. The van der Waals surface area contributed by atoms with E-state index >= 15 is 0 Å². The van der Waals surface area contributed by atoms with Gasteiger partial charge in [-0.25, -0.2) is 0 Å². The first-order chi connectivity index (χ1) is 5.88. The van der Waals surface area contributed by atoms with E-state index in [1.165, 1.54) is 38.5 Å². The minimum atomic E-state index is 0.951. The molecule has 72 valence electrons. The molecule has 0 radical (unpaired) electrons. The molecule has 2 aliphatic rings. The van der Waals surface area contributed by atoms with Crippen molar-refractivity contribution in [1.29, 1.82) is 0 Å². The topological polar surface area (TPSA) is 3.24 Å². The number of nitrogens with zero attached hydrogens (tertiary/aromatic N) is 1. The Kier molecular flexibility index (Phi) is 4.07. The van der Waals surface area contributed by atoms with Gasteiger partial charge in [-0.05, 0) is 32.7 Å². The number of piperidine rings is 2. The molecule has 2 bridgehead atoms. The Labute approximate surface area is 77.1 Å². The molecule has 0 aromatic carbocycles. The van der Waals surface area contributed by atoms with Crippen molar-refractivity contribution in [3.8, 4) is 0 Å². The fraction of sp³-hybridized carbons (Fsp3) is 1.00. The summed E-state index contributed by atoms with van der Waals surface area (Å²) in [7, 11) is 2.31. The number of fused-ring (bicyclic) bond motifs is 2. The lowest BCUT2D eigenvalue weighted by Gasteiger charge is -2.43. The van der Waals surface area contributed by atoms with Crippen molar-refractivity contribution in [3.63, 3.8) is 0 Å². The average molecular weight is 169 g/mol. The molecule has 2 fully saturated rings. The first-order valence-electron chi connectivity index (χ1n) is 5.60. The molecule has 0 aromatic heterocycles. The fourth-order valence-electron chi connectivity index (χ4n) is 2.58. The summed E-state index contributed by atoms with van der Waals surface area (Å²) in [5, 5.41) is 0. The maximum atomic E-state index is 2.62. The Morgan fingerprint density at radius 3 is 1.42 bits per heavy atom. The summed E-state index contributed by atoms with van der Waals surface area (Å²) >= 11 is 0. The quantitative estimate of drug-likeness (QED) is 0.539. The molecule has 0 N–H and O–H groups in total. The van der Waals surface area contributed by atoms with Gasteiger partial charge in [-0.1, -0.05) is 26.7 Å². The van der Waals surface area contributed by atoms with E-state index in [-0.39, 0.29) is 0 Å². The Hall–Kier alpha value is -0.0400. The van der Waals surface area contributed by atoms with Gasteiger partial charge in [-0.3, -0.25) is 0 Å². The zero-order valence-corrected chi connectivity index (χ0v) is 8.84. The van der Waals surface area contributed by atoms with E-state index in [4.69, 9.17) is 0 Å². The van der Waals surface area contributed by atoms with Gasteiger partial charge >= 0.3 is 0 Å². The van der Waals surface area contributed by atoms with Crippen LogP contribution in [0.3, 0.4) is 0 Å². The van der Waals surface area contributed by atoms with Crippen LogP contribution in [0.15, 0.2) is 0 Å². The SMILES string of the molecule is CC.CN1C2CCCC1CCC2. The third-order valence-corrected chi connectivity index (χ3v) is 3.30. The predicted molar refractivity (Wildman–Crippen MR) is 54.4 cm³/mol. The van der Waals surface area contributed by atoms with Crippen LogP contribution in [0.25, 0.3) is 0 Å². The number of hydrogen-bond acceptors (Lipinski definition) is 1. The molecular formula is C11H23N. The van der Waals surface area contributed by atoms with E-state index < -0.39 is 0 Å². The highest BCUT2D eigenvalue weighted by molar-refractivity contribution is 4.86. The molecule has 0 saturated carbocycles. The predicted octanol–water partition coefficient (Wildman–Crippen LogP) is 3.05. The molecule has 0 unspecified atom stereocenters. The van der Waals surface area contributed by atoms with Crippen molar-refractivity contribution in [3.05, 3.63) is 0 Å². The number of rotatable bonds is 0. The molecular weight excluding hydrogens is 146 g/mol. The highest BCUT2D eigenvalue weighted by Crippen LogP contribution is 2.31. The normalized spacial score (nSPS) is 35.2. The first-order valence-corrected chi connectivity index (χ1v) is 5.60. The molecule has 2 saturated heterocycles. The highest BCUT2D eigenvalue weighted by Gasteiger charge is 2.30. The highest BCUT2D eigenvalue weighted by atomic mass is 15.2.